The topological polar surface area (TPSA) is 84.8 Å². The lowest BCUT2D eigenvalue weighted by molar-refractivity contribution is 0.0793. The fraction of sp³-hybridized carbons (Fsp3) is 0.500. The first kappa shape index (κ1) is 19.0. The summed E-state index contributed by atoms with van der Waals surface area (Å²) in [7, 11) is 0. The number of nitrogens with zero attached hydrogens (tertiary/aromatic N) is 1. The van der Waals surface area contributed by atoms with Gasteiger partial charge >= 0.3 is 0 Å². The molecular formula is C22H29N3O3. The molecular weight excluding hydrogens is 354 g/mol. The number of hydrogen-bond donors (Lipinski definition) is 4. The molecule has 0 bridgehead atoms. The van der Waals surface area contributed by atoms with Crippen molar-refractivity contribution in [2.45, 2.75) is 44.7 Å². The summed E-state index contributed by atoms with van der Waals surface area (Å²) in [5, 5.41) is 27.2. The molecule has 150 valence electrons. The van der Waals surface area contributed by atoms with Gasteiger partial charge in [-0.05, 0) is 61.5 Å². The second-order valence-corrected chi connectivity index (χ2v) is 8.00. The van der Waals surface area contributed by atoms with Crippen molar-refractivity contribution in [3.63, 3.8) is 0 Å². The van der Waals surface area contributed by atoms with Gasteiger partial charge < -0.3 is 25.7 Å². The largest absolute Gasteiger partial charge is 0.508 e. The fourth-order valence-corrected chi connectivity index (χ4v) is 4.43. The van der Waals surface area contributed by atoms with Crippen molar-refractivity contribution in [2.75, 3.05) is 26.2 Å². The summed E-state index contributed by atoms with van der Waals surface area (Å²) in [5.74, 6) is -0.311. The summed E-state index contributed by atoms with van der Waals surface area (Å²) in [4.78, 5) is 14.8. The molecule has 3 aliphatic rings. The Bertz CT molecular complexity index is 825. The van der Waals surface area contributed by atoms with E-state index in [1.165, 1.54) is 17.2 Å². The molecule has 1 unspecified atom stereocenters. The molecule has 1 atom stereocenters. The van der Waals surface area contributed by atoms with Crippen molar-refractivity contribution in [1.29, 1.82) is 0 Å². The van der Waals surface area contributed by atoms with E-state index in [1.54, 1.807) is 11.0 Å². The number of hydrogen-bond acceptors (Lipinski definition) is 5. The van der Waals surface area contributed by atoms with E-state index in [9.17, 15) is 15.0 Å². The van der Waals surface area contributed by atoms with E-state index < -0.39 is 0 Å². The predicted octanol–water partition coefficient (Wildman–Crippen LogP) is 2.08. The zero-order valence-corrected chi connectivity index (χ0v) is 16.4. The molecule has 2 aliphatic heterocycles. The van der Waals surface area contributed by atoms with Crippen LogP contribution in [-0.2, 0) is 6.42 Å². The Labute approximate surface area is 165 Å². The van der Waals surface area contributed by atoms with Crippen LogP contribution < -0.4 is 10.6 Å². The lowest BCUT2D eigenvalue weighted by Crippen LogP contribution is -2.44. The molecule has 4 N–H and O–H groups in total. The Morgan fingerprint density at radius 3 is 2.75 bits per heavy atom. The predicted molar refractivity (Wildman–Crippen MR) is 109 cm³/mol. The molecule has 2 heterocycles. The first-order valence-electron chi connectivity index (χ1n) is 10.2. The number of phenolic OH excluding ortho intramolecular Hbond substituents is 2. The number of amides is 1. The number of nitrogens with one attached hydrogen (secondary N) is 2. The second kappa shape index (κ2) is 7.97. The van der Waals surface area contributed by atoms with E-state index >= 15 is 0 Å². The van der Waals surface area contributed by atoms with E-state index in [2.05, 4.69) is 22.8 Å². The molecule has 4 rings (SSSR count). The number of carbonyl (C=O) groups is 1. The highest BCUT2D eigenvalue weighted by Gasteiger charge is 2.30. The van der Waals surface area contributed by atoms with Gasteiger partial charge in [-0.3, -0.25) is 4.79 Å². The quantitative estimate of drug-likeness (QED) is 0.640. The normalized spacial score (nSPS) is 22.6. The van der Waals surface area contributed by atoms with Crippen LogP contribution >= 0.6 is 0 Å². The van der Waals surface area contributed by atoms with Crippen LogP contribution in [0.15, 0.2) is 35.4 Å². The minimum atomic E-state index is -0.183. The lowest BCUT2D eigenvalue weighted by Gasteiger charge is -2.29. The molecule has 1 aromatic carbocycles. The molecule has 0 saturated carbocycles. The van der Waals surface area contributed by atoms with Crippen LogP contribution in [0, 0.1) is 0 Å². The lowest BCUT2D eigenvalue weighted by atomic mass is 9.95. The molecule has 0 aromatic heterocycles. The highest BCUT2D eigenvalue weighted by atomic mass is 16.3. The van der Waals surface area contributed by atoms with Crippen molar-refractivity contribution in [3.8, 4) is 11.5 Å². The smallest absolute Gasteiger partial charge is 0.258 e. The van der Waals surface area contributed by atoms with Gasteiger partial charge in [0, 0.05) is 31.2 Å². The average molecular weight is 383 g/mol. The number of benzene rings is 1. The summed E-state index contributed by atoms with van der Waals surface area (Å²) in [5.41, 5.74) is 3.45. The van der Waals surface area contributed by atoms with Crippen molar-refractivity contribution < 1.29 is 15.0 Å². The van der Waals surface area contributed by atoms with Crippen LogP contribution in [0.4, 0.5) is 0 Å². The molecule has 0 radical (unpaired) electrons. The van der Waals surface area contributed by atoms with Gasteiger partial charge in [0.15, 0.2) is 0 Å². The number of carbonyl (C=O) groups excluding carboxylic acids is 1. The van der Waals surface area contributed by atoms with Gasteiger partial charge in [-0.25, -0.2) is 0 Å². The van der Waals surface area contributed by atoms with Gasteiger partial charge in [0.25, 0.3) is 5.91 Å². The Balaban J connectivity index is 1.41. The van der Waals surface area contributed by atoms with Gasteiger partial charge in [-0.15, -0.1) is 0 Å². The highest BCUT2D eigenvalue weighted by Crippen LogP contribution is 2.32. The van der Waals surface area contributed by atoms with E-state index in [1.807, 2.05) is 6.92 Å². The SMILES string of the molecule is CCc1cc(C(=O)N2CC3=C(CC(NC4CCNCC4)C=C3)C2)c(O)cc1O. The summed E-state index contributed by atoms with van der Waals surface area (Å²) in [6.07, 6.45) is 8.22. The number of aryl methyl sites for hydroxylation is 1. The first-order chi connectivity index (χ1) is 13.5. The third kappa shape index (κ3) is 3.80. The molecule has 1 amide bonds. The molecule has 28 heavy (non-hydrogen) atoms. The third-order valence-corrected chi connectivity index (χ3v) is 6.08. The summed E-state index contributed by atoms with van der Waals surface area (Å²) < 4.78 is 0. The van der Waals surface area contributed by atoms with Gasteiger partial charge in [-0.2, -0.15) is 0 Å². The molecule has 1 aromatic rings. The average Bonchev–Trinajstić information content (AvgIpc) is 3.12. The first-order valence-corrected chi connectivity index (χ1v) is 10.2. The summed E-state index contributed by atoms with van der Waals surface area (Å²) in [6, 6.07) is 3.76. The zero-order valence-electron chi connectivity index (χ0n) is 16.4. The van der Waals surface area contributed by atoms with E-state index in [0.717, 1.165) is 32.4 Å². The minimum absolute atomic E-state index is 0.0325. The van der Waals surface area contributed by atoms with Crippen LogP contribution in [0.5, 0.6) is 11.5 Å². The van der Waals surface area contributed by atoms with Crippen LogP contribution in [0.1, 0.15) is 42.1 Å². The Kier molecular flexibility index (Phi) is 5.42. The molecule has 1 aliphatic carbocycles. The number of rotatable bonds is 4. The van der Waals surface area contributed by atoms with E-state index in [0.29, 0.717) is 37.2 Å². The summed E-state index contributed by atoms with van der Waals surface area (Å²) in [6.45, 7) is 5.23. The van der Waals surface area contributed by atoms with E-state index in [4.69, 9.17) is 0 Å². The second-order valence-electron chi connectivity index (χ2n) is 8.00. The van der Waals surface area contributed by atoms with Gasteiger partial charge in [0.2, 0.25) is 0 Å². The Hall–Kier alpha value is -2.31. The maximum atomic E-state index is 13.0. The van der Waals surface area contributed by atoms with Crippen molar-refractivity contribution in [1.82, 2.24) is 15.5 Å². The monoisotopic (exact) mass is 383 g/mol. The maximum Gasteiger partial charge on any atom is 0.258 e. The highest BCUT2D eigenvalue weighted by molar-refractivity contribution is 5.98. The zero-order chi connectivity index (χ0) is 19.7. The van der Waals surface area contributed by atoms with Gasteiger partial charge in [0.1, 0.15) is 11.5 Å². The van der Waals surface area contributed by atoms with Crippen LogP contribution in [0.3, 0.4) is 0 Å². The number of piperidine rings is 1. The number of aromatic hydroxyl groups is 2. The maximum absolute atomic E-state index is 13.0. The van der Waals surface area contributed by atoms with Crippen molar-refractivity contribution in [2.24, 2.45) is 0 Å². The van der Waals surface area contributed by atoms with Gasteiger partial charge in [-0.1, -0.05) is 19.1 Å². The fourth-order valence-electron chi connectivity index (χ4n) is 4.43. The molecule has 6 heteroatoms. The molecule has 6 nitrogen and oxygen atoms in total. The Morgan fingerprint density at radius 2 is 2.00 bits per heavy atom. The number of phenols is 2. The van der Waals surface area contributed by atoms with Gasteiger partial charge in [0.05, 0.1) is 5.56 Å². The van der Waals surface area contributed by atoms with Crippen LogP contribution in [0.2, 0.25) is 0 Å². The third-order valence-electron chi connectivity index (χ3n) is 6.08. The standard InChI is InChI=1S/C22H29N3O3/c1-2-14-10-19(21(27)11-20(14)26)22(28)25-12-15-3-4-18(9-16(15)13-25)24-17-5-7-23-8-6-17/h3-4,10-11,17-18,23-24,26-27H,2,5-9,12-13H2,1H3. The van der Waals surface area contributed by atoms with Crippen LogP contribution in [-0.4, -0.2) is 59.3 Å². The molecule has 1 saturated heterocycles. The molecule has 1 fully saturated rings. The van der Waals surface area contributed by atoms with Crippen molar-refractivity contribution >= 4 is 5.91 Å². The molecule has 0 spiro atoms. The Morgan fingerprint density at radius 1 is 1.21 bits per heavy atom. The van der Waals surface area contributed by atoms with Crippen molar-refractivity contribution in [3.05, 3.63) is 46.6 Å². The van der Waals surface area contributed by atoms with Crippen LogP contribution in [0.25, 0.3) is 0 Å². The summed E-state index contributed by atoms with van der Waals surface area (Å²) >= 11 is 0. The minimum Gasteiger partial charge on any atom is -0.508 e. The van der Waals surface area contributed by atoms with E-state index in [-0.39, 0.29) is 23.0 Å².